The molecule has 244 valence electrons. The maximum Gasteiger partial charge on any atom is 0.343 e. The van der Waals surface area contributed by atoms with Gasteiger partial charge in [-0.1, -0.05) is 24.6 Å². The Morgan fingerprint density at radius 3 is 2.13 bits per heavy atom. The van der Waals surface area contributed by atoms with Gasteiger partial charge >= 0.3 is 5.97 Å². The fourth-order valence-electron chi connectivity index (χ4n) is 5.51. The van der Waals surface area contributed by atoms with Crippen LogP contribution in [-0.2, 0) is 9.84 Å². The van der Waals surface area contributed by atoms with Crippen molar-refractivity contribution < 1.29 is 31.8 Å². The summed E-state index contributed by atoms with van der Waals surface area (Å²) < 4.78 is 55.5. The molecule has 0 N–H and O–H groups in total. The third-order valence-corrected chi connectivity index (χ3v) is 9.12. The van der Waals surface area contributed by atoms with Gasteiger partial charge in [0.05, 0.1) is 10.5 Å². The second-order valence-corrected chi connectivity index (χ2v) is 13.4. The van der Waals surface area contributed by atoms with Crippen LogP contribution >= 0.6 is 12.4 Å². The number of hydrogen-bond donors (Lipinski definition) is 0. The number of fused-ring (bicyclic) bond motifs is 1. The molecule has 0 aliphatic carbocycles. The van der Waals surface area contributed by atoms with Crippen molar-refractivity contribution in [2.75, 3.05) is 32.5 Å². The van der Waals surface area contributed by atoms with Gasteiger partial charge in [-0.3, -0.25) is 4.90 Å². The summed E-state index contributed by atoms with van der Waals surface area (Å²) in [5.74, 6) is 1.19. The molecule has 0 spiro atoms. The second kappa shape index (κ2) is 15.0. The highest BCUT2D eigenvalue weighted by atomic mass is 35.5. The summed E-state index contributed by atoms with van der Waals surface area (Å²) in [5.41, 5.74) is 1.76. The van der Waals surface area contributed by atoms with E-state index in [1.165, 1.54) is 49.8 Å². The first-order valence-corrected chi connectivity index (χ1v) is 17.1. The van der Waals surface area contributed by atoms with E-state index in [1.807, 2.05) is 42.5 Å². The zero-order valence-corrected chi connectivity index (χ0v) is 27.5. The SMILES string of the molecule is CS(=O)(=O)c1ccc(-c2ccc3cc(OC(=O)c4ccc(F)cc4)ccc3c2Oc2ccc(OCCN3CCCCC3)cc2)cc1.Cl. The van der Waals surface area contributed by atoms with Crippen LogP contribution in [0, 0.1) is 5.82 Å². The highest BCUT2D eigenvalue weighted by Crippen LogP contribution is 2.41. The second-order valence-electron chi connectivity index (χ2n) is 11.3. The molecule has 0 amide bonds. The number of piperidine rings is 1. The Balaban J connectivity index is 0.00000433. The van der Waals surface area contributed by atoms with Gasteiger partial charge in [-0.05, 0) is 122 Å². The summed E-state index contributed by atoms with van der Waals surface area (Å²) >= 11 is 0. The van der Waals surface area contributed by atoms with E-state index in [2.05, 4.69) is 4.90 Å². The fraction of sp³-hybridized carbons (Fsp3) is 0.216. The van der Waals surface area contributed by atoms with E-state index in [1.54, 1.807) is 36.4 Å². The summed E-state index contributed by atoms with van der Waals surface area (Å²) in [6.07, 6.45) is 4.96. The van der Waals surface area contributed by atoms with Gasteiger partial charge in [0.25, 0.3) is 0 Å². The molecule has 10 heteroatoms. The number of sulfone groups is 1. The number of esters is 1. The predicted molar refractivity (Wildman–Crippen MR) is 183 cm³/mol. The first-order valence-electron chi connectivity index (χ1n) is 15.2. The lowest BCUT2D eigenvalue weighted by Crippen LogP contribution is -2.33. The molecule has 0 radical (unpaired) electrons. The van der Waals surface area contributed by atoms with Crippen LogP contribution < -0.4 is 14.2 Å². The summed E-state index contributed by atoms with van der Waals surface area (Å²) in [5, 5.41) is 1.52. The predicted octanol–water partition coefficient (Wildman–Crippen LogP) is 8.35. The van der Waals surface area contributed by atoms with Gasteiger partial charge in [0, 0.05) is 23.8 Å². The van der Waals surface area contributed by atoms with E-state index in [0.29, 0.717) is 23.9 Å². The molecule has 1 aliphatic heterocycles. The normalized spacial score (nSPS) is 13.5. The van der Waals surface area contributed by atoms with Crippen LogP contribution in [0.25, 0.3) is 21.9 Å². The summed E-state index contributed by atoms with van der Waals surface area (Å²) in [6, 6.07) is 28.3. The van der Waals surface area contributed by atoms with Gasteiger partial charge in [0.1, 0.15) is 35.4 Å². The molecule has 0 aromatic heterocycles. The van der Waals surface area contributed by atoms with Gasteiger partial charge in [-0.2, -0.15) is 0 Å². The molecular formula is C37H35ClFNO6S. The molecule has 7 nitrogen and oxygen atoms in total. The minimum absolute atomic E-state index is 0. The zero-order chi connectivity index (χ0) is 32.1. The minimum Gasteiger partial charge on any atom is -0.492 e. The maximum atomic E-state index is 13.3. The van der Waals surface area contributed by atoms with Crippen LogP contribution in [0.4, 0.5) is 4.39 Å². The molecule has 0 bridgehead atoms. The number of benzene rings is 5. The topological polar surface area (TPSA) is 82.1 Å². The Hall–Kier alpha value is -4.44. The van der Waals surface area contributed by atoms with Gasteiger partial charge in [-0.15, -0.1) is 12.4 Å². The van der Waals surface area contributed by atoms with Crippen LogP contribution in [0.1, 0.15) is 29.6 Å². The first-order chi connectivity index (χ1) is 22.2. The number of ether oxygens (including phenoxy) is 3. The van der Waals surface area contributed by atoms with Gasteiger partial charge in [0.2, 0.25) is 0 Å². The highest BCUT2D eigenvalue weighted by molar-refractivity contribution is 7.90. The lowest BCUT2D eigenvalue weighted by atomic mass is 9.99. The molecule has 1 heterocycles. The molecule has 6 rings (SSSR count). The molecule has 47 heavy (non-hydrogen) atoms. The Kier molecular flexibility index (Phi) is 10.8. The van der Waals surface area contributed by atoms with Crippen LogP contribution in [0.5, 0.6) is 23.0 Å². The number of nitrogens with zero attached hydrogens (tertiary/aromatic N) is 1. The van der Waals surface area contributed by atoms with Crippen LogP contribution in [-0.4, -0.2) is 51.8 Å². The van der Waals surface area contributed by atoms with Gasteiger partial charge < -0.3 is 14.2 Å². The van der Waals surface area contributed by atoms with Crippen molar-refractivity contribution in [1.82, 2.24) is 4.90 Å². The lowest BCUT2D eigenvalue weighted by molar-refractivity contribution is 0.0735. The Labute approximate surface area is 280 Å². The van der Waals surface area contributed by atoms with E-state index < -0.39 is 21.6 Å². The lowest BCUT2D eigenvalue weighted by Gasteiger charge is -2.26. The van der Waals surface area contributed by atoms with E-state index in [9.17, 15) is 17.6 Å². The van der Waals surface area contributed by atoms with Crippen molar-refractivity contribution in [2.45, 2.75) is 24.2 Å². The number of carbonyl (C=O) groups excluding carboxylic acids is 1. The Morgan fingerprint density at radius 2 is 1.45 bits per heavy atom. The molecule has 1 fully saturated rings. The van der Waals surface area contributed by atoms with Crippen molar-refractivity contribution in [3.05, 3.63) is 115 Å². The van der Waals surface area contributed by atoms with Gasteiger partial charge in [-0.25, -0.2) is 17.6 Å². The van der Waals surface area contributed by atoms with Crippen molar-refractivity contribution in [2.24, 2.45) is 0 Å². The average molecular weight is 676 g/mol. The monoisotopic (exact) mass is 675 g/mol. The molecule has 1 saturated heterocycles. The van der Waals surface area contributed by atoms with Crippen molar-refractivity contribution >= 4 is 39.0 Å². The number of halogens is 2. The number of likely N-dealkylation sites (tertiary alicyclic amines) is 1. The average Bonchev–Trinajstić information content (AvgIpc) is 3.06. The van der Waals surface area contributed by atoms with E-state index in [0.717, 1.165) is 47.3 Å². The molecule has 1 aliphatic rings. The van der Waals surface area contributed by atoms with Crippen LogP contribution in [0.2, 0.25) is 0 Å². The summed E-state index contributed by atoms with van der Waals surface area (Å²) in [4.78, 5) is 15.3. The van der Waals surface area contributed by atoms with Gasteiger partial charge in [0.15, 0.2) is 9.84 Å². The highest BCUT2D eigenvalue weighted by Gasteiger charge is 2.16. The molecule has 0 saturated carbocycles. The summed E-state index contributed by atoms with van der Waals surface area (Å²) in [6.45, 7) is 3.76. The minimum atomic E-state index is -3.36. The molecule has 0 atom stereocenters. The van der Waals surface area contributed by atoms with Crippen molar-refractivity contribution in [3.63, 3.8) is 0 Å². The number of hydrogen-bond acceptors (Lipinski definition) is 7. The van der Waals surface area contributed by atoms with E-state index >= 15 is 0 Å². The Morgan fingerprint density at radius 1 is 0.787 bits per heavy atom. The Bertz CT molecular complexity index is 1940. The quantitative estimate of drug-likeness (QED) is 0.109. The van der Waals surface area contributed by atoms with E-state index in [-0.39, 0.29) is 22.9 Å². The van der Waals surface area contributed by atoms with Crippen LogP contribution in [0.15, 0.2) is 108 Å². The zero-order valence-electron chi connectivity index (χ0n) is 25.9. The van der Waals surface area contributed by atoms with Crippen molar-refractivity contribution in [1.29, 1.82) is 0 Å². The summed E-state index contributed by atoms with van der Waals surface area (Å²) in [7, 11) is -3.36. The fourth-order valence-corrected chi connectivity index (χ4v) is 6.14. The number of rotatable bonds is 10. The standard InChI is InChI=1S/C37H34FNO6S.ClH/c1-46(41,42)33-17-7-26(8-18-33)34-19-9-28-25-32(45-37(40)27-5-10-29(38)11-6-27)16-20-35(28)36(34)44-31-14-12-30(13-15-31)43-24-23-39-21-3-2-4-22-39;/h5-20,25H,2-4,21-24H2,1H3;1H. The molecule has 5 aromatic carbocycles. The molecule has 5 aromatic rings. The van der Waals surface area contributed by atoms with Crippen LogP contribution in [0.3, 0.4) is 0 Å². The third-order valence-electron chi connectivity index (χ3n) is 7.99. The maximum absolute atomic E-state index is 13.3. The molecular weight excluding hydrogens is 641 g/mol. The largest absolute Gasteiger partial charge is 0.492 e. The van der Waals surface area contributed by atoms with E-state index in [4.69, 9.17) is 14.2 Å². The first kappa shape index (κ1) is 33.9. The third kappa shape index (κ3) is 8.48. The van der Waals surface area contributed by atoms with Crippen molar-refractivity contribution in [3.8, 4) is 34.1 Å². The molecule has 0 unspecified atom stereocenters. The smallest absolute Gasteiger partial charge is 0.343 e. The number of carbonyl (C=O) groups is 1.